The predicted molar refractivity (Wildman–Crippen MR) is 90.3 cm³/mol. The van der Waals surface area contributed by atoms with Gasteiger partial charge < -0.3 is 9.47 Å². The molecule has 1 aliphatic carbocycles. The highest BCUT2D eigenvalue weighted by Crippen LogP contribution is 2.38. The van der Waals surface area contributed by atoms with Crippen LogP contribution in [-0.2, 0) is 19.9 Å². The topological polar surface area (TPSA) is 44.9 Å². The van der Waals surface area contributed by atoms with Crippen molar-refractivity contribution < 1.29 is 4.39 Å². The fourth-order valence-corrected chi connectivity index (χ4v) is 4.19. The van der Waals surface area contributed by atoms with Crippen LogP contribution in [0.5, 0.6) is 0 Å². The second-order valence-corrected chi connectivity index (χ2v) is 6.73. The summed E-state index contributed by atoms with van der Waals surface area (Å²) in [6, 6.07) is 7.04. The Morgan fingerprint density at radius 2 is 2.08 bits per heavy atom. The van der Waals surface area contributed by atoms with Crippen LogP contribution in [0.1, 0.15) is 54.5 Å². The number of hydrogen-bond acceptors (Lipinski definition) is 3. The summed E-state index contributed by atoms with van der Waals surface area (Å²) in [5.74, 6) is 0.618. The molecule has 2 heterocycles. The minimum Gasteiger partial charge on any atom is -0.360 e. The molecule has 4 rings (SSSR count). The van der Waals surface area contributed by atoms with Crippen LogP contribution in [0.15, 0.2) is 18.2 Å². The van der Waals surface area contributed by atoms with Gasteiger partial charge in [-0.3, -0.25) is 0 Å². The molecule has 0 spiro atoms. The molecular formula is C19H21FN4. The molecule has 124 valence electrons. The van der Waals surface area contributed by atoms with Gasteiger partial charge in [0.15, 0.2) is 0 Å². The standard InChI is InChI=1S/C19H21FN4/c1-23-17-8-3-2-7-15(17)22-19(23)18-10-5-11-24(18)16-9-4-6-14(20)13(16)12-21/h4,6,9,18H,2-3,5,7-8,10-11H2,1H3/t18-/m0/s1. The molecule has 1 aliphatic heterocycles. The summed E-state index contributed by atoms with van der Waals surface area (Å²) in [4.78, 5) is 7.09. The molecule has 4 nitrogen and oxygen atoms in total. The third-order valence-corrected chi connectivity index (χ3v) is 5.37. The van der Waals surface area contributed by atoms with E-state index in [1.807, 2.05) is 12.1 Å². The van der Waals surface area contributed by atoms with Crippen LogP contribution in [-0.4, -0.2) is 16.1 Å². The highest BCUT2D eigenvalue weighted by molar-refractivity contribution is 5.61. The van der Waals surface area contributed by atoms with Gasteiger partial charge in [0.1, 0.15) is 23.3 Å². The number of anilines is 1. The van der Waals surface area contributed by atoms with E-state index in [2.05, 4.69) is 16.5 Å². The molecule has 1 saturated heterocycles. The Balaban J connectivity index is 1.76. The Labute approximate surface area is 141 Å². The average Bonchev–Trinajstić information content (AvgIpc) is 3.19. The molecule has 2 aromatic rings. The van der Waals surface area contributed by atoms with Crippen LogP contribution in [0.3, 0.4) is 0 Å². The monoisotopic (exact) mass is 324 g/mol. The summed E-state index contributed by atoms with van der Waals surface area (Å²) in [6.45, 7) is 0.834. The van der Waals surface area contributed by atoms with E-state index in [9.17, 15) is 9.65 Å². The highest BCUT2D eigenvalue weighted by Gasteiger charge is 2.33. The van der Waals surface area contributed by atoms with Crippen LogP contribution in [0.4, 0.5) is 10.1 Å². The zero-order valence-corrected chi connectivity index (χ0v) is 13.9. The van der Waals surface area contributed by atoms with Crippen LogP contribution >= 0.6 is 0 Å². The van der Waals surface area contributed by atoms with Crippen LogP contribution in [0, 0.1) is 17.1 Å². The molecule has 0 saturated carbocycles. The fraction of sp³-hybridized carbons (Fsp3) is 0.474. The van der Waals surface area contributed by atoms with Crippen molar-refractivity contribution in [3.63, 3.8) is 0 Å². The molecule has 1 atom stereocenters. The minimum atomic E-state index is -0.445. The first-order valence-electron chi connectivity index (χ1n) is 8.70. The van der Waals surface area contributed by atoms with E-state index in [1.165, 1.54) is 30.3 Å². The number of nitriles is 1. The lowest BCUT2D eigenvalue weighted by Crippen LogP contribution is -2.26. The molecule has 1 aromatic carbocycles. The number of benzene rings is 1. The average molecular weight is 324 g/mol. The number of rotatable bonds is 2. The first-order valence-corrected chi connectivity index (χ1v) is 8.70. The molecule has 0 N–H and O–H groups in total. The first-order chi connectivity index (χ1) is 11.7. The van der Waals surface area contributed by atoms with Crippen molar-refractivity contribution in [2.45, 2.75) is 44.6 Å². The van der Waals surface area contributed by atoms with E-state index in [1.54, 1.807) is 6.07 Å². The van der Waals surface area contributed by atoms with Crippen molar-refractivity contribution >= 4 is 5.69 Å². The Morgan fingerprint density at radius 3 is 2.88 bits per heavy atom. The van der Waals surface area contributed by atoms with Gasteiger partial charge in [-0.15, -0.1) is 0 Å². The third kappa shape index (κ3) is 2.29. The van der Waals surface area contributed by atoms with E-state index in [4.69, 9.17) is 4.98 Å². The van der Waals surface area contributed by atoms with Gasteiger partial charge >= 0.3 is 0 Å². The second-order valence-electron chi connectivity index (χ2n) is 6.73. The zero-order chi connectivity index (χ0) is 16.7. The van der Waals surface area contributed by atoms with Crippen molar-refractivity contribution in [1.82, 2.24) is 9.55 Å². The Kier molecular flexibility index (Phi) is 3.76. The van der Waals surface area contributed by atoms with Crippen LogP contribution < -0.4 is 4.90 Å². The summed E-state index contributed by atoms with van der Waals surface area (Å²) in [5, 5.41) is 9.37. The van der Waals surface area contributed by atoms with E-state index in [0.29, 0.717) is 5.69 Å². The van der Waals surface area contributed by atoms with Gasteiger partial charge in [-0.25, -0.2) is 9.37 Å². The van der Waals surface area contributed by atoms with Crippen molar-refractivity contribution in [3.05, 3.63) is 46.8 Å². The van der Waals surface area contributed by atoms with Crippen molar-refractivity contribution in [2.24, 2.45) is 7.05 Å². The quantitative estimate of drug-likeness (QED) is 0.847. The summed E-state index contributed by atoms with van der Waals surface area (Å²) in [6.07, 6.45) is 6.60. The van der Waals surface area contributed by atoms with Gasteiger partial charge in [0, 0.05) is 19.3 Å². The van der Waals surface area contributed by atoms with Gasteiger partial charge in [0.05, 0.1) is 17.4 Å². The molecule has 0 radical (unpaired) electrons. The number of fused-ring (bicyclic) bond motifs is 1. The van der Waals surface area contributed by atoms with E-state index >= 15 is 0 Å². The van der Waals surface area contributed by atoms with E-state index < -0.39 is 5.82 Å². The maximum absolute atomic E-state index is 14.0. The summed E-state index contributed by atoms with van der Waals surface area (Å²) >= 11 is 0. The maximum atomic E-state index is 14.0. The second kappa shape index (κ2) is 5.94. The Hall–Kier alpha value is -2.35. The highest BCUT2D eigenvalue weighted by atomic mass is 19.1. The number of imidazole rings is 1. The fourth-order valence-electron chi connectivity index (χ4n) is 4.19. The summed E-state index contributed by atoms with van der Waals surface area (Å²) in [5.41, 5.74) is 3.41. The number of aromatic nitrogens is 2. The number of halogens is 1. The van der Waals surface area contributed by atoms with Gasteiger partial charge in [-0.2, -0.15) is 5.26 Å². The smallest absolute Gasteiger partial charge is 0.143 e. The predicted octanol–water partition coefficient (Wildman–Crippen LogP) is 3.65. The summed E-state index contributed by atoms with van der Waals surface area (Å²) in [7, 11) is 2.10. The lowest BCUT2D eigenvalue weighted by molar-refractivity contribution is 0.603. The van der Waals surface area contributed by atoms with Crippen LogP contribution in [0.2, 0.25) is 0 Å². The van der Waals surface area contributed by atoms with Crippen molar-refractivity contribution in [3.8, 4) is 6.07 Å². The molecule has 0 unspecified atom stereocenters. The molecule has 1 fully saturated rings. The molecule has 2 aliphatic rings. The largest absolute Gasteiger partial charge is 0.360 e. The lowest BCUT2D eigenvalue weighted by Gasteiger charge is -2.27. The minimum absolute atomic E-state index is 0.120. The Bertz CT molecular complexity index is 818. The molecule has 5 heteroatoms. The number of hydrogen-bond donors (Lipinski definition) is 0. The number of aryl methyl sites for hydroxylation is 1. The molecule has 0 bridgehead atoms. The first kappa shape index (κ1) is 15.2. The van der Waals surface area contributed by atoms with Gasteiger partial charge in [-0.05, 0) is 50.7 Å². The zero-order valence-electron chi connectivity index (χ0n) is 13.9. The molecule has 0 amide bonds. The van der Waals surface area contributed by atoms with Gasteiger partial charge in [0.25, 0.3) is 0 Å². The number of nitrogens with zero attached hydrogens (tertiary/aromatic N) is 4. The maximum Gasteiger partial charge on any atom is 0.143 e. The normalized spacial score (nSPS) is 20.0. The van der Waals surface area contributed by atoms with Crippen molar-refractivity contribution in [2.75, 3.05) is 11.4 Å². The van der Waals surface area contributed by atoms with Crippen LogP contribution in [0.25, 0.3) is 0 Å². The SMILES string of the molecule is Cn1c([C@@H]2CCCN2c2cccc(F)c2C#N)nc2c1CCCC2. The van der Waals surface area contributed by atoms with E-state index in [0.717, 1.165) is 38.1 Å². The van der Waals surface area contributed by atoms with Gasteiger partial charge in [0.2, 0.25) is 0 Å². The Morgan fingerprint density at radius 1 is 1.25 bits per heavy atom. The lowest BCUT2D eigenvalue weighted by atomic mass is 10.0. The van der Waals surface area contributed by atoms with Crippen molar-refractivity contribution in [1.29, 1.82) is 5.26 Å². The molecular weight excluding hydrogens is 303 g/mol. The van der Waals surface area contributed by atoms with Gasteiger partial charge in [-0.1, -0.05) is 6.07 Å². The summed E-state index contributed by atoms with van der Waals surface area (Å²) < 4.78 is 16.3. The van der Waals surface area contributed by atoms with E-state index in [-0.39, 0.29) is 11.6 Å². The third-order valence-electron chi connectivity index (χ3n) is 5.37. The molecule has 1 aromatic heterocycles. The molecule has 24 heavy (non-hydrogen) atoms.